The highest BCUT2D eigenvalue weighted by Crippen LogP contribution is 2.42. The zero-order chi connectivity index (χ0) is 30.1. The Labute approximate surface area is 247 Å². The Balaban J connectivity index is 1.29. The molecular weight excluding hydrogens is 582 g/mol. The Hall–Kier alpha value is -4.30. The summed E-state index contributed by atoms with van der Waals surface area (Å²) in [5, 5.41) is 0. The van der Waals surface area contributed by atoms with E-state index in [9.17, 15) is 22.0 Å². The molecule has 4 aromatic rings. The molecule has 6 rings (SSSR count). The molecule has 226 valence electrons. The molecule has 2 fully saturated rings. The number of carbonyl (C=O) groups is 1. The number of aromatic nitrogens is 3. The van der Waals surface area contributed by atoms with E-state index in [4.69, 9.17) is 9.47 Å². The molecule has 0 spiro atoms. The highest BCUT2D eigenvalue weighted by molar-refractivity contribution is 7.91. The van der Waals surface area contributed by atoms with Crippen molar-refractivity contribution in [1.82, 2.24) is 19.1 Å². The van der Waals surface area contributed by atoms with Crippen molar-refractivity contribution in [2.75, 3.05) is 36.0 Å². The minimum atomic E-state index is -4.29. The molecule has 0 aliphatic carbocycles. The Morgan fingerprint density at radius 1 is 1.14 bits per heavy atom. The number of benzene rings is 1. The molecule has 1 N–H and O–H groups in total. The minimum absolute atomic E-state index is 0.0306. The molecule has 14 heteroatoms. The Morgan fingerprint density at radius 2 is 1.95 bits per heavy atom. The van der Waals surface area contributed by atoms with Crippen LogP contribution in [0.1, 0.15) is 41.4 Å². The smallest absolute Gasteiger partial charge is 0.327 e. The average Bonchev–Trinajstić information content (AvgIpc) is 3.61. The fourth-order valence-electron chi connectivity index (χ4n) is 5.43. The number of hydrogen-bond acceptors (Lipinski definition) is 8. The van der Waals surface area contributed by atoms with E-state index in [0.717, 1.165) is 4.31 Å². The van der Waals surface area contributed by atoms with Crippen molar-refractivity contribution >= 4 is 33.3 Å². The molecule has 0 saturated carbocycles. The molecule has 5 heterocycles. The van der Waals surface area contributed by atoms with Crippen molar-refractivity contribution in [3.8, 4) is 5.75 Å². The van der Waals surface area contributed by atoms with Gasteiger partial charge in [-0.15, -0.1) is 0 Å². The lowest BCUT2D eigenvalue weighted by Crippen LogP contribution is -2.42. The van der Waals surface area contributed by atoms with Gasteiger partial charge in [0, 0.05) is 50.8 Å². The van der Waals surface area contributed by atoms with Crippen LogP contribution in [0.5, 0.6) is 5.75 Å². The van der Waals surface area contributed by atoms with Crippen molar-refractivity contribution in [3.63, 3.8) is 0 Å². The maximum atomic E-state index is 15.0. The van der Waals surface area contributed by atoms with Crippen LogP contribution in [0.3, 0.4) is 0 Å². The first-order valence-electron chi connectivity index (χ1n) is 13.8. The van der Waals surface area contributed by atoms with Gasteiger partial charge in [-0.3, -0.25) is 9.20 Å². The van der Waals surface area contributed by atoms with Gasteiger partial charge in [-0.25, -0.2) is 27.8 Å². The SMILES string of the molecule is CN(c1ccccn1)S(=O)(=O)NC(=O)c1cnc2ccc(N3C[C@@H](F)C[C@@H]3c3cc(F)ccc3OC3CCOCC3)cn12. The van der Waals surface area contributed by atoms with Gasteiger partial charge in [0.05, 0.1) is 31.1 Å². The number of ether oxygens (including phenoxy) is 2. The molecule has 0 radical (unpaired) electrons. The molecule has 3 aromatic heterocycles. The van der Waals surface area contributed by atoms with Crippen molar-refractivity contribution in [3.05, 3.63) is 84.2 Å². The van der Waals surface area contributed by atoms with Crippen LogP contribution in [0.2, 0.25) is 0 Å². The molecule has 1 amide bonds. The zero-order valence-electron chi connectivity index (χ0n) is 23.3. The Bertz CT molecular complexity index is 1730. The number of carbonyl (C=O) groups excluding carboxylic acids is 1. The first-order valence-corrected chi connectivity index (χ1v) is 15.3. The molecule has 2 aliphatic rings. The number of pyridine rings is 2. The molecule has 0 bridgehead atoms. The number of nitrogens with zero attached hydrogens (tertiary/aromatic N) is 5. The molecule has 0 unspecified atom stereocenters. The zero-order valence-corrected chi connectivity index (χ0v) is 24.1. The third kappa shape index (κ3) is 5.97. The van der Waals surface area contributed by atoms with Crippen LogP contribution < -0.4 is 18.7 Å². The molecule has 1 aromatic carbocycles. The van der Waals surface area contributed by atoms with Gasteiger partial charge in [-0.2, -0.15) is 8.42 Å². The minimum Gasteiger partial charge on any atom is -0.490 e. The summed E-state index contributed by atoms with van der Waals surface area (Å²) in [6.07, 6.45) is 4.52. The van der Waals surface area contributed by atoms with Crippen LogP contribution in [-0.2, 0) is 14.9 Å². The molecule has 11 nitrogen and oxygen atoms in total. The fraction of sp³-hybridized carbons (Fsp3) is 0.345. The van der Waals surface area contributed by atoms with Crippen molar-refractivity contribution in [1.29, 1.82) is 0 Å². The van der Waals surface area contributed by atoms with Gasteiger partial charge in [-0.1, -0.05) is 6.07 Å². The van der Waals surface area contributed by atoms with Crippen LogP contribution in [-0.4, -0.2) is 67.8 Å². The second kappa shape index (κ2) is 11.8. The number of rotatable bonds is 8. The highest BCUT2D eigenvalue weighted by atomic mass is 32.2. The van der Waals surface area contributed by atoms with Crippen LogP contribution in [0.25, 0.3) is 5.65 Å². The summed E-state index contributed by atoms with van der Waals surface area (Å²) in [4.78, 5) is 23.2. The van der Waals surface area contributed by atoms with Gasteiger partial charge in [-0.05, 0) is 42.5 Å². The summed E-state index contributed by atoms with van der Waals surface area (Å²) in [6.45, 7) is 1.18. The number of nitrogens with one attached hydrogen (secondary N) is 1. The van der Waals surface area contributed by atoms with Gasteiger partial charge >= 0.3 is 10.2 Å². The topological polar surface area (TPSA) is 118 Å². The number of alkyl halides is 1. The van der Waals surface area contributed by atoms with Crippen LogP contribution in [0.4, 0.5) is 20.3 Å². The van der Waals surface area contributed by atoms with E-state index in [2.05, 4.69) is 9.97 Å². The summed E-state index contributed by atoms with van der Waals surface area (Å²) in [5.41, 5.74) is 1.40. The Morgan fingerprint density at radius 3 is 2.72 bits per heavy atom. The quantitative estimate of drug-likeness (QED) is 0.319. The van der Waals surface area contributed by atoms with E-state index in [1.807, 2.05) is 4.72 Å². The normalized spacial score (nSPS) is 19.5. The lowest BCUT2D eigenvalue weighted by Gasteiger charge is -2.30. The summed E-state index contributed by atoms with van der Waals surface area (Å²) < 4.78 is 71.3. The first kappa shape index (κ1) is 28.8. The molecule has 2 aliphatic heterocycles. The molecular formula is C29H30F2N6O5S. The number of amides is 1. The van der Waals surface area contributed by atoms with E-state index in [1.165, 1.54) is 42.0 Å². The first-order chi connectivity index (χ1) is 20.7. The standard InChI is InChI=1S/C29H30F2N6O5S/c1-35(27-4-2-3-11-32-27)43(39,40)34-29(38)25-16-33-28-8-6-21(18-37(25)28)36-17-20(31)15-24(36)23-14-19(30)5-7-26(23)42-22-9-12-41-13-10-22/h2-8,11,14,16,18,20,22,24H,9-10,12-13,15,17H2,1H3,(H,34,38)/t20-,24+/m0/s1. The van der Waals surface area contributed by atoms with E-state index >= 15 is 0 Å². The van der Waals surface area contributed by atoms with Crippen molar-refractivity contribution in [2.45, 2.75) is 37.6 Å². The van der Waals surface area contributed by atoms with Gasteiger partial charge in [0.15, 0.2) is 0 Å². The van der Waals surface area contributed by atoms with Crippen LogP contribution in [0.15, 0.2) is 67.1 Å². The van der Waals surface area contributed by atoms with Gasteiger partial charge < -0.3 is 14.4 Å². The lowest BCUT2D eigenvalue weighted by molar-refractivity contribution is 0.0250. The monoisotopic (exact) mass is 612 g/mol. The van der Waals surface area contributed by atoms with Gasteiger partial charge in [0.2, 0.25) is 0 Å². The van der Waals surface area contributed by atoms with Crippen molar-refractivity contribution in [2.24, 2.45) is 0 Å². The van der Waals surface area contributed by atoms with E-state index in [-0.39, 0.29) is 30.6 Å². The Kier molecular flexibility index (Phi) is 7.88. The lowest BCUT2D eigenvalue weighted by atomic mass is 10.0. The van der Waals surface area contributed by atoms with E-state index in [1.54, 1.807) is 41.4 Å². The average molecular weight is 613 g/mol. The van der Waals surface area contributed by atoms with Gasteiger partial charge in [0.25, 0.3) is 5.91 Å². The van der Waals surface area contributed by atoms with Gasteiger partial charge in [0.1, 0.15) is 41.0 Å². The number of hydrogen-bond donors (Lipinski definition) is 1. The second-order valence-electron chi connectivity index (χ2n) is 10.5. The maximum absolute atomic E-state index is 15.0. The number of anilines is 2. The summed E-state index contributed by atoms with van der Waals surface area (Å²) in [5.74, 6) is -0.756. The van der Waals surface area contributed by atoms with E-state index < -0.39 is 34.1 Å². The van der Waals surface area contributed by atoms with Crippen molar-refractivity contribution < 1.29 is 31.5 Å². The predicted molar refractivity (Wildman–Crippen MR) is 155 cm³/mol. The van der Waals surface area contributed by atoms with Crippen LogP contribution >= 0.6 is 0 Å². The summed E-state index contributed by atoms with van der Waals surface area (Å²) in [7, 11) is -3.02. The fourth-order valence-corrected chi connectivity index (χ4v) is 6.26. The number of imidazole rings is 1. The predicted octanol–water partition coefficient (Wildman–Crippen LogP) is 3.83. The molecule has 2 atom stereocenters. The maximum Gasteiger partial charge on any atom is 0.327 e. The second-order valence-corrected chi connectivity index (χ2v) is 12.2. The number of fused-ring (bicyclic) bond motifs is 1. The molecule has 43 heavy (non-hydrogen) atoms. The largest absolute Gasteiger partial charge is 0.490 e. The third-order valence-corrected chi connectivity index (χ3v) is 9.00. The van der Waals surface area contributed by atoms with E-state index in [0.29, 0.717) is 48.7 Å². The number of halogens is 2. The molecule has 2 saturated heterocycles. The van der Waals surface area contributed by atoms with Crippen LogP contribution in [0, 0.1) is 5.82 Å². The summed E-state index contributed by atoms with van der Waals surface area (Å²) in [6, 6.07) is 11.9. The summed E-state index contributed by atoms with van der Waals surface area (Å²) >= 11 is 0. The third-order valence-electron chi connectivity index (χ3n) is 7.65. The highest BCUT2D eigenvalue weighted by Gasteiger charge is 2.36.